The number of carbonyl (C=O) groups excluding carboxylic acids is 1. The Labute approximate surface area is 189 Å². The molecular formula is C24H30FNO5S. The lowest BCUT2D eigenvalue weighted by Crippen LogP contribution is -2.40. The molecule has 32 heavy (non-hydrogen) atoms. The fraction of sp³-hybridized carbons (Fsp3) is 0.375. The van der Waals surface area contributed by atoms with Crippen molar-refractivity contribution in [1.82, 2.24) is 4.72 Å². The van der Waals surface area contributed by atoms with E-state index in [0.29, 0.717) is 22.3 Å². The van der Waals surface area contributed by atoms with Crippen molar-refractivity contribution in [1.29, 1.82) is 0 Å². The third-order valence-electron chi connectivity index (χ3n) is 4.53. The number of hydrogen-bond donors (Lipinski definition) is 2. The zero-order valence-corrected chi connectivity index (χ0v) is 19.8. The monoisotopic (exact) mass is 463 g/mol. The minimum atomic E-state index is -3.74. The number of aryl methyl sites for hydroxylation is 1. The van der Waals surface area contributed by atoms with Crippen molar-refractivity contribution in [2.45, 2.75) is 51.5 Å². The molecule has 0 saturated carbocycles. The third-order valence-corrected chi connectivity index (χ3v) is 6.30. The van der Waals surface area contributed by atoms with Crippen LogP contribution in [0.15, 0.2) is 52.9 Å². The van der Waals surface area contributed by atoms with Crippen LogP contribution in [0, 0.1) is 12.7 Å². The first-order valence-corrected chi connectivity index (χ1v) is 11.8. The van der Waals surface area contributed by atoms with Gasteiger partial charge in [-0.1, -0.05) is 18.2 Å². The maximum atomic E-state index is 13.9. The molecule has 0 bridgehead atoms. The molecule has 0 saturated heterocycles. The number of benzene rings is 2. The zero-order chi connectivity index (χ0) is 24.1. The van der Waals surface area contributed by atoms with Gasteiger partial charge in [0.2, 0.25) is 10.0 Å². The quantitative estimate of drug-likeness (QED) is 0.457. The van der Waals surface area contributed by atoms with Gasteiger partial charge in [0, 0.05) is 24.1 Å². The second-order valence-corrected chi connectivity index (χ2v) is 10.1. The van der Waals surface area contributed by atoms with E-state index >= 15 is 0 Å². The molecule has 0 heterocycles. The largest absolute Gasteiger partial charge is 0.463 e. The molecule has 174 valence electrons. The van der Waals surface area contributed by atoms with E-state index in [4.69, 9.17) is 4.74 Å². The number of nitrogens with one attached hydrogen (secondary N) is 1. The Morgan fingerprint density at radius 2 is 1.69 bits per heavy atom. The Morgan fingerprint density at radius 3 is 2.19 bits per heavy atom. The first-order valence-electron chi connectivity index (χ1n) is 10.3. The lowest BCUT2D eigenvalue weighted by molar-refractivity contribution is -0.138. The van der Waals surface area contributed by atoms with E-state index < -0.39 is 21.5 Å². The van der Waals surface area contributed by atoms with Crippen LogP contribution in [-0.4, -0.2) is 38.2 Å². The molecule has 2 rings (SSSR count). The summed E-state index contributed by atoms with van der Waals surface area (Å²) in [4.78, 5) is 12.8. The van der Waals surface area contributed by atoms with E-state index in [-0.39, 0.29) is 35.9 Å². The van der Waals surface area contributed by atoms with Crippen molar-refractivity contribution >= 4 is 21.6 Å². The molecule has 0 spiro atoms. The summed E-state index contributed by atoms with van der Waals surface area (Å²) in [7, 11) is -3.74. The average Bonchev–Trinajstić information content (AvgIpc) is 2.69. The fourth-order valence-electron chi connectivity index (χ4n) is 3.24. The molecule has 0 aliphatic carbocycles. The van der Waals surface area contributed by atoms with Gasteiger partial charge in [0.15, 0.2) is 0 Å². The fourth-order valence-corrected chi connectivity index (χ4v) is 4.66. The van der Waals surface area contributed by atoms with Gasteiger partial charge in [-0.2, -0.15) is 0 Å². The molecule has 0 atom stereocenters. The lowest BCUT2D eigenvalue weighted by atomic mass is 9.90. The molecule has 0 unspecified atom stereocenters. The summed E-state index contributed by atoms with van der Waals surface area (Å²) in [5.41, 5.74) is 1.52. The van der Waals surface area contributed by atoms with Gasteiger partial charge in [-0.25, -0.2) is 22.3 Å². The number of sulfonamides is 1. The highest BCUT2D eigenvalue weighted by Gasteiger charge is 2.24. The summed E-state index contributed by atoms with van der Waals surface area (Å²) in [5, 5.41) is 9.56. The Morgan fingerprint density at radius 1 is 1.09 bits per heavy atom. The van der Waals surface area contributed by atoms with Gasteiger partial charge in [0.1, 0.15) is 5.82 Å². The molecule has 2 aromatic carbocycles. The summed E-state index contributed by atoms with van der Waals surface area (Å²) in [6, 6.07) is 10.5. The van der Waals surface area contributed by atoms with Crippen LogP contribution >= 0.6 is 0 Å². The number of esters is 1. The molecule has 0 aliphatic rings. The molecule has 0 aliphatic heterocycles. The van der Waals surface area contributed by atoms with Crippen LogP contribution in [0.4, 0.5) is 4.39 Å². The van der Waals surface area contributed by atoms with E-state index in [1.165, 1.54) is 18.2 Å². The minimum absolute atomic E-state index is 0.0240. The van der Waals surface area contributed by atoms with E-state index in [0.717, 1.165) is 0 Å². The minimum Gasteiger partial charge on any atom is -0.463 e. The molecule has 0 amide bonds. The SMILES string of the molecule is CCOC(=O)C(CCO)=C(c1ccc(S(=O)(=O)NC(C)(C)C)cc1)c1ccc(F)c(C)c1. The lowest BCUT2D eigenvalue weighted by Gasteiger charge is -2.21. The average molecular weight is 464 g/mol. The van der Waals surface area contributed by atoms with Crippen LogP contribution in [0.25, 0.3) is 5.57 Å². The predicted molar refractivity (Wildman–Crippen MR) is 122 cm³/mol. The highest BCUT2D eigenvalue weighted by atomic mass is 32.2. The van der Waals surface area contributed by atoms with Crippen molar-refractivity contribution in [2.24, 2.45) is 0 Å². The summed E-state index contributed by atoms with van der Waals surface area (Å²) in [5.74, 6) is -0.979. The Balaban J connectivity index is 2.68. The van der Waals surface area contributed by atoms with Gasteiger partial charge in [0.05, 0.1) is 11.5 Å². The molecule has 2 aromatic rings. The van der Waals surface area contributed by atoms with Crippen LogP contribution in [0.3, 0.4) is 0 Å². The maximum absolute atomic E-state index is 13.9. The number of carbonyl (C=O) groups is 1. The van der Waals surface area contributed by atoms with Crippen molar-refractivity contribution in [3.8, 4) is 0 Å². The first kappa shape index (κ1) is 25.7. The van der Waals surface area contributed by atoms with Gasteiger partial charge in [-0.15, -0.1) is 0 Å². The number of aliphatic hydroxyl groups excluding tert-OH is 1. The highest BCUT2D eigenvalue weighted by molar-refractivity contribution is 7.89. The summed E-state index contributed by atoms with van der Waals surface area (Å²) >= 11 is 0. The zero-order valence-electron chi connectivity index (χ0n) is 19.0. The maximum Gasteiger partial charge on any atom is 0.334 e. The van der Waals surface area contributed by atoms with E-state index in [1.54, 1.807) is 58.9 Å². The van der Waals surface area contributed by atoms with Gasteiger partial charge in [-0.3, -0.25) is 0 Å². The Hall–Kier alpha value is -2.55. The molecule has 2 N–H and O–H groups in total. The molecule has 0 fully saturated rings. The van der Waals surface area contributed by atoms with Crippen molar-refractivity contribution in [3.05, 3.63) is 70.5 Å². The number of aliphatic hydroxyl groups is 1. The van der Waals surface area contributed by atoms with E-state index in [9.17, 15) is 22.7 Å². The number of rotatable bonds is 8. The van der Waals surface area contributed by atoms with Gasteiger partial charge in [-0.05, 0) is 81.1 Å². The smallest absolute Gasteiger partial charge is 0.334 e. The summed E-state index contributed by atoms with van der Waals surface area (Å²) in [6.07, 6.45) is 0.0240. The highest BCUT2D eigenvalue weighted by Crippen LogP contribution is 2.31. The molecule has 0 radical (unpaired) electrons. The molecule has 8 heteroatoms. The molecule has 6 nitrogen and oxygen atoms in total. The van der Waals surface area contributed by atoms with E-state index in [2.05, 4.69) is 4.72 Å². The second kappa shape index (κ2) is 10.4. The third kappa shape index (κ3) is 6.48. The number of hydrogen-bond acceptors (Lipinski definition) is 5. The van der Waals surface area contributed by atoms with E-state index in [1.807, 2.05) is 0 Å². The van der Waals surface area contributed by atoms with Crippen molar-refractivity contribution in [3.63, 3.8) is 0 Å². The van der Waals surface area contributed by atoms with Crippen LogP contribution in [0.5, 0.6) is 0 Å². The normalized spacial score (nSPS) is 13.0. The van der Waals surface area contributed by atoms with Gasteiger partial charge < -0.3 is 9.84 Å². The van der Waals surface area contributed by atoms with Gasteiger partial charge >= 0.3 is 5.97 Å². The van der Waals surface area contributed by atoms with Gasteiger partial charge in [0.25, 0.3) is 0 Å². The Kier molecular flexibility index (Phi) is 8.34. The van der Waals surface area contributed by atoms with Crippen LogP contribution < -0.4 is 4.72 Å². The summed E-state index contributed by atoms with van der Waals surface area (Å²) in [6.45, 7) is 8.39. The molecule has 0 aromatic heterocycles. The Bertz CT molecular complexity index is 1100. The number of halogens is 1. The number of ether oxygens (including phenoxy) is 1. The first-order chi connectivity index (χ1) is 14.9. The molecular weight excluding hydrogens is 433 g/mol. The summed E-state index contributed by atoms with van der Waals surface area (Å²) < 4.78 is 46.9. The standard InChI is InChI=1S/C24H30FNO5S/c1-6-31-23(28)20(13-14-27)22(18-9-12-21(25)16(2)15-18)17-7-10-19(11-8-17)32(29,30)26-24(3,4)5/h7-12,15,26-27H,6,13-14H2,1-5H3. The van der Waals surface area contributed by atoms with Crippen LogP contribution in [0.1, 0.15) is 50.8 Å². The predicted octanol–water partition coefficient (Wildman–Crippen LogP) is 3.96. The van der Waals surface area contributed by atoms with Crippen LogP contribution in [-0.2, 0) is 19.6 Å². The topological polar surface area (TPSA) is 92.7 Å². The van der Waals surface area contributed by atoms with Crippen molar-refractivity contribution < 1.29 is 27.4 Å². The second-order valence-electron chi connectivity index (χ2n) is 8.39. The van der Waals surface area contributed by atoms with Crippen LogP contribution in [0.2, 0.25) is 0 Å². The van der Waals surface area contributed by atoms with Crippen molar-refractivity contribution in [2.75, 3.05) is 13.2 Å².